The highest BCUT2D eigenvalue weighted by atomic mass is 16.3. The summed E-state index contributed by atoms with van der Waals surface area (Å²) >= 11 is 0. The van der Waals surface area contributed by atoms with Crippen molar-refractivity contribution in [1.29, 1.82) is 0 Å². The topological polar surface area (TPSA) is 20.2 Å². The van der Waals surface area contributed by atoms with Crippen LogP contribution in [0, 0.1) is 0 Å². The van der Waals surface area contributed by atoms with E-state index in [1.807, 2.05) is 6.07 Å². The number of hydrogen-bond acceptors (Lipinski definition) is 1. The lowest BCUT2D eigenvalue weighted by Gasteiger charge is -2.11. The van der Waals surface area contributed by atoms with Crippen molar-refractivity contribution in [2.75, 3.05) is 0 Å². The van der Waals surface area contributed by atoms with Gasteiger partial charge < -0.3 is 5.11 Å². The summed E-state index contributed by atoms with van der Waals surface area (Å²) in [6, 6.07) is 18.7. The molecule has 1 N–H and O–H groups in total. The first-order valence-electron chi connectivity index (χ1n) is 7.15. The molecule has 0 amide bonds. The summed E-state index contributed by atoms with van der Waals surface area (Å²) in [6.07, 6.45) is 1.09. The summed E-state index contributed by atoms with van der Waals surface area (Å²) in [5.41, 5.74) is 5.24. The first-order chi connectivity index (χ1) is 9.81. The zero-order valence-corrected chi connectivity index (χ0v) is 11.4. The van der Waals surface area contributed by atoms with E-state index >= 15 is 0 Å². The molecule has 1 heteroatoms. The van der Waals surface area contributed by atoms with Crippen LogP contribution < -0.4 is 0 Å². The molecule has 3 aromatic rings. The van der Waals surface area contributed by atoms with Gasteiger partial charge in [0.15, 0.2) is 0 Å². The Balaban J connectivity index is 2.19. The minimum Gasteiger partial charge on any atom is -0.507 e. The lowest BCUT2D eigenvalue weighted by molar-refractivity contribution is 0.482. The molecule has 3 aromatic carbocycles. The van der Waals surface area contributed by atoms with E-state index < -0.39 is 0 Å². The van der Waals surface area contributed by atoms with Gasteiger partial charge in [-0.2, -0.15) is 0 Å². The van der Waals surface area contributed by atoms with Crippen molar-refractivity contribution >= 4 is 10.8 Å². The third-order valence-corrected chi connectivity index (χ3v) is 4.45. The van der Waals surface area contributed by atoms with Gasteiger partial charge in [-0.25, -0.2) is 0 Å². The van der Waals surface area contributed by atoms with Crippen LogP contribution in [-0.4, -0.2) is 5.11 Å². The predicted molar refractivity (Wildman–Crippen MR) is 83.2 cm³/mol. The SMILES string of the molecule is CCC1c2ccccc2-c2c1ccc1cccc(O)c21. The van der Waals surface area contributed by atoms with Crippen molar-refractivity contribution < 1.29 is 5.11 Å². The quantitative estimate of drug-likeness (QED) is 0.647. The molecule has 4 rings (SSSR count). The Morgan fingerprint density at radius 2 is 1.75 bits per heavy atom. The van der Waals surface area contributed by atoms with E-state index in [1.54, 1.807) is 6.07 Å². The van der Waals surface area contributed by atoms with Crippen LogP contribution in [0.25, 0.3) is 21.9 Å². The third kappa shape index (κ3) is 1.38. The second-order valence-corrected chi connectivity index (χ2v) is 5.45. The van der Waals surface area contributed by atoms with Gasteiger partial charge in [-0.05, 0) is 40.1 Å². The summed E-state index contributed by atoms with van der Waals surface area (Å²) in [7, 11) is 0. The molecule has 1 aliphatic carbocycles. The second kappa shape index (κ2) is 4.11. The third-order valence-electron chi connectivity index (χ3n) is 4.45. The number of phenolic OH excluding ortho intramolecular Hbond substituents is 1. The van der Waals surface area contributed by atoms with Crippen LogP contribution in [0.4, 0.5) is 0 Å². The molecule has 0 heterocycles. The fourth-order valence-electron chi connectivity index (χ4n) is 3.59. The van der Waals surface area contributed by atoms with Crippen LogP contribution in [0.3, 0.4) is 0 Å². The van der Waals surface area contributed by atoms with Gasteiger partial charge in [0.2, 0.25) is 0 Å². The van der Waals surface area contributed by atoms with Gasteiger partial charge in [0.25, 0.3) is 0 Å². The van der Waals surface area contributed by atoms with Gasteiger partial charge in [-0.15, -0.1) is 0 Å². The number of benzene rings is 3. The molecule has 1 aliphatic rings. The number of aromatic hydroxyl groups is 1. The standard InChI is InChI=1S/C19H16O/c1-2-13-14-7-3-4-8-15(14)19-16(13)11-10-12-6-5-9-17(20)18(12)19/h3-11,13,20H,2H2,1H3. The largest absolute Gasteiger partial charge is 0.507 e. The van der Waals surface area contributed by atoms with Crippen LogP contribution in [0.15, 0.2) is 54.6 Å². The molecule has 1 nitrogen and oxygen atoms in total. The van der Waals surface area contributed by atoms with E-state index in [-0.39, 0.29) is 0 Å². The van der Waals surface area contributed by atoms with Crippen LogP contribution in [-0.2, 0) is 0 Å². The predicted octanol–water partition coefficient (Wildman–Crippen LogP) is 5.07. The summed E-state index contributed by atoms with van der Waals surface area (Å²) in [4.78, 5) is 0. The van der Waals surface area contributed by atoms with Gasteiger partial charge in [-0.1, -0.05) is 55.5 Å². The van der Waals surface area contributed by atoms with Crippen molar-refractivity contribution in [3.8, 4) is 16.9 Å². The zero-order valence-electron chi connectivity index (χ0n) is 11.4. The van der Waals surface area contributed by atoms with Crippen molar-refractivity contribution in [2.24, 2.45) is 0 Å². The van der Waals surface area contributed by atoms with Gasteiger partial charge in [-0.3, -0.25) is 0 Å². The van der Waals surface area contributed by atoms with Crippen LogP contribution >= 0.6 is 0 Å². The normalized spacial score (nSPS) is 16.1. The molecular formula is C19H16O. The lowest BCUT2D eigenvalue weighted by atomic mass is 9.93. The van der Waals surface area contributed by atoms with E-state index in [1.165, 1.54) is 22.3 Å². The average molecular weight is 260 g/mol. The van der Waals surface area contributed by atoms with Gasteiger partial charge in [0.05, 0.1) is 0 Å². The maximum Gasteiger partial charge on any atom is 0.124 e. The number of fused-ring (bicyclic) bond motifs is 5. The summed E-state index contributed by atoms with van der Waals surface area (Å²) < 4.78 is 0. The number of rotatable bonds is 1. The van der Waals surface area contributed by atoms with E-state index in [0.29, 0.717) is 11.7 Å². The number of phenols is 1. The first-order valence-corrected chi connectivity index (χ1v) is 7.15. The second-order valence-electron chi connectivity index (χ2n) is 5.45. The fraction of sp³-hybridized carbons (Fsp3) is 0.158. The first kappa shape index (κ1) is 11.5. The van der Waals surface area contributed by atoms with Crippen molar-refractivity contribution in [2.45, 2.75) is 19.3 Å². The molecule has 0 saturated carbocycles. The molecule has 20 heavy (non-hydrogen) atoms. The minimum absolute atomic E-state index is 0.380. The summed E-state index contributed by atoms with van der Waals surface area (Å²) in [5.74, 6) is 0.830. The smallest absolute Gasteiger partial charge is 0.124 e. The summed E-state index contributed by atoms with van der Waals surface area (Å²) in [5, 5.41) is 12.4. The Kier molecular flexibility index (Phi) is 2.37. The molecule has 0 saturated heterocycles. The van der Waals surface area contributed by atoms with Crippen LogP contribution in [0.1, 0.15) is 30.4 Å². The van der Waals surface area contributed by atoms with E-state index in [9.17, 15) is 5.11 Å². The monoisotopic (exact) mass is 260 g/mol. The highest BCUT2D eigenvalue weighted by molar-refractivity contribution is 6.05. The highest BCUT2D eigenvalue weighted by Crippen LogP contribution is 2.50. The van der Waals surface area contributed by atoms with Crippen molar-refractivity contribution in [3.63, 3.8) is 0 Å². The van der Waals surface area contributed by atoms with E-state index in [0.717, 1.165) is 17.2 Å². The molecule has 1 atom stereocenters. The molecule has 98 valence electrons. The van der Waals surface area contributed by atoms with Gasteiger partial charge in [0, 0.05) is 11.3 Å². The van der Waals surface area contributed by atoms with E-state index in [4.69, 9.17) is 0 Å². The minimum atomic E-state index is 0.380. The summed E-state index contributed by atoms with van der Waals surface area (Å²) in [6.45, 7) is 2.23. The molecular weight excluding hydrogens is 244 g/mol. The fourth-order valence-corrected chi connectivity index (χ4v) is 3.59. The van der Waals surface area contributed by atoms with Gasteiger partial charge in [0.1, 0.15) is 5.75 Å². The highest BCUT2D eigenvalue weighted by Gasteiger charge is 2.29. The van der Waals surface area contributed by atoms with Gasteiger partial charge >= 0.3 is 0 Å². The van der Waals surface area contributed by atoms with Crippen molar-refractivity contribution in [1.82, 2.24) is 0 Å². The average Bonchev–Trinajstić information content (AvgIpc) is 2.81. The van der Waals surface area contributed by atoms with Crippen LogP contribution in [0.5, 0.6) is 5.75 Å². The Hall–Kier alpha value is -2.28. The Morgan fingerprint density at radius 1 is 0.900 bits per heavy atom. The van der Waals surface area contributed by atoms with Crippen LogP contribution in [0.2, 0.25) is 0 Å². The zero-order chi connectivity index (χ0) is 13.7. The molecule has 0 bridgehead atoms. The molecule has 1 unspecified atom stereocenters. The lowest BCUT2D eigenvalue weighted by Crippen LogP contribution is -1.93. The number of hydrogen-bond donors (Lipinski definition) is 1. The van der Waals surface area contributed by atoms with E-state index in [2.05, 4.69) is 49.4 Å². The molecule has 0 spiro atoms. The maximum atomic E-state index is 10.3. The molecule has 0 aromatic heterocycles. The maximum absolute atomic E-state index is 10.3. The van der Waals surface area contributed by atoms with Crippen molar-refractivity contribution in [3.05, 3.63) is 65.7 Å². The molecule has 0 fully saturated rings. The molecule has 0 aliphatic heterocycles. The molecule has 0 radical (unpaired) electrons. The Labute approximate surface area is 118 Å². The Bertz CT molecular complexity index is 817. The Morgan fingerprint density at radius 3 is 2.60 bits per heavy atom.